The van der Waals surface area contributed by atoms with E-state index in [1.165, 1.54) is 25.1 Å². The van der Waals surface area contributed by atoms with Gasteiger partial charge in [0.1, 0.15) is 22.9 Å². The van der Waals surface area contributed by atoms with Gasteiger partial charge in [-0.1, -0.05) is 25.8 Å². The highest BCUT2D eigenvalue weighted by Crippen LogP contribution is 2.23. The molecule has 1 heterocycles. The summed E-state index contributed by atoms with van der Waals surface area (Å²) in [5.74, 6) is -0.291. The first-order chi connectivity index (χ1) is 14.5. The van der Waals surface area contributed by atoms with Gasteiger partial charge in [0, 0.05) is 17.2 Å². The number of carbonyl (C=O) groups is 2. The van der Waals surface area contributed by atoms with Gasteiger partial charge in [-0.15, -0.1) is 0 Å². The van der Waals surface area contributed by atoms with Crippen LogP contribution in [0.3, 0.4) is 0 Å². The Bertz CT molecular complexity index is 1220. The summed E-state index contributed by atoms with van der Waals surface area (Å²) in [5.41, 5.74) is 1.73. The molecule has 2 aromatic rings. The fourth-order valence-electron chi connectivity index (χ4n) is 2.32. The van der Waals surface area contributed by atoms with E-state index in [0.717, 1.165) is 0 Å². The van der Waals surface area contributed by atoms with Crippen LogP contribution in [-0.2, 0) is 14.3 Å². The summed E-state index contributed by atoms with van der Waals surface area (Å²) in [5, 5.41) is 0.275. The monoisotopic (exact) mass is 420 g/mol. The van der Waals surface area contributed by atoms with Gasteiger partial charge in [0.05, 0.1) is 5.39 Å². The molecule has 0 saturated carbocycles. The van der Waals surface area contributed by atoms with Crippen LogP contribution in [0.5, 0.6) is 5.75 Å². The Labute approximate surface area is 180 Å². The predicted molar refractivity (Wildman–Crippen MR) is 120 cm³/mol. The van der Waals surface area contributed by atoms with Crippen LogP contribution >= 0.6 is 0 Å². The van der Waals surface area contributed by atoms with Gasteiger partial charge in [0.2, 0.25) is 0 Å². The van der Waals surface area contributed by atoms with Crippen molar-refractivity contribution in [3.63, 3.8) is 0 Å². The molecule has 0 aliphatic carbocycles. The molecule has 160 valence electrons. The summed E-state index contributed by atoms with van der Waals surface area (Å²) >= 11 is 0. The molecule has 0 spiro atoms. The van der Waals surface area contributed by atoms with Gasteiger partial charge < -0.3 is 13.9 Å². The first-order valence-electron chi connectivity index (χ1n) is 9.37. The topological polar surface area (TPSA) is 82.8 Å². The Kier molecular flexibility index (Phi) is 7.32. The molecule has 0 unspecified atom stereocenters. The Morgan fingerprint density at radius 3 is 2.13 bits per heavy atom. The van der Waals surface area contributed by atoms with Crippen LogP contribution in [0.25, 0.3) is 16.5 Å². The zero-order valence-corrected chi connectivity index (χ0v) is 18.0. The van der Waals surface area contributed by atoms with Gasteiger partial charge in [-0.2, -0.15) is 0 Å². The fourth-order valence-corrected chi connectivity index (χ4v) is 2.32. The van der Waals surface area contributed by atoms with Crippen molar-refractivity contribution in [1.82, 2.24) is 0 Å². The van der Waals surface area contributed by atoms with E-state index in [1.54, 1.807) is 39.0 Å². The fraction of sp³-hybridized carbons (Fsp3) is 0.160. The minimum atomic E-state index is -0.577. The molecule has 0 bridgehead atoms. The highest BCUT2D eigenvalue weighted by Gasteiger charge is 2.11. The quantitative estimate of drug-likeness (QED) is 0.200. The van der Waals surface area contributed by atoms with Crippen molar-refractivity contribution in [3.05, 3.63) is 94.6 Å². The number of hydrogen-bond acceptors (Lipinski definition) is 6. The van der Waals surface area contributed by atoms with Gasteiger partial charge >= 0.3 is 11.9 Å². The SMILES string of the molecule is C=C(C)C(=O)OC(=CC=C(C)c1cc(=O)c2cc(OC(=O)C(=C)C)ccc2o1)C(=C)C. The lowest BCUT2D eigenvalue weighted by atomic mass is 10.1. The number of ether oxygens (including phenoxy) is 2. The lowest BCUT2D eigenvalue weighted by Crippen LogP contribution is -2.09. The van der Waals surface area contributed by atoms with Crippen LogP contribution < -0.4 is 10.2 Å². The minimum absolute atomic E-state index is 0.223. The molecule has 0 fully saturated rings. The Morgan fingerprint density at radius 2 is 1.55 bits per heavy atom. The molecule has 0 atom stereocenters. The first kappa shape index (κ1) is 23.3. The van der Waals surface area contributed by atoms with Crippen molar-refractivity contribution >= 4 is 28.5 Å². The maximum atomic E-state index is 12.6. The Hall–Kier alpha value is -3.93. The number of carbonyl (C=O) groups excluding carboxylic acids is 2. The molecule has 0 saturated heterocycles. The minimum Gasteiger partial charge on any atom is -0.456 e. The zero-order chi connectivity index (χ0) is 23.3. The van der Waals surface area contributed by atoms with Crippen molar-refractivity contribution in [2.24, 2.45) is 0 Å². The largest absolute Gasteiger partial charge is 0.456 e. The van der Waals surface area contributed by atoms with E-state index in [9.17, 15) is 14.4 Å². The lowest BCUT2D eigenvalue weighted by molar-refractivity contribution is -0.134. The van der Waals surface area contributed by atoms with Crippen LogP contribution in [0.2, 0.25) is 0 Å². The number of benzene rings is 1. The van der Waals surface area contributed by atoms with Crippen LogP contribution in [0.4, 0.5) is 0 Å². The van der Waals surface area contributed by atoms with Gasteiger partial charge in [0.25, 0.3) is 0 Å². The van der Waals surface area contributed by atoms with Gasteiger partial charge in [-0.05, 0) is 63.1 Å². The molecule has 0 aliphatic heterocycles. The van der Waals surface area contributed by atoms with Crippen LogP contribution in [0.15, 0.2) is 87.8 Å². The van der Waals surface area contributed by atoms with Gasteiger partial charge in [0.15, 0.2) is 5.43 Å². The van der Waals surface area contributed by atoms with Crippen molar-refractivity contribution in [3.8, 4) is 5.75 Å². The average Bonchev–Trinajstić information content (AvgIpc) is 2.70. The van der Waals surface area contributed by atoms with Crippen LogP contribution in [-0.4, -0.2) is 11.9 Å². The second-order valence-corrected chi connectivity index (χ2v) is 7.13. The molecule has 0 N–H and O–H groups in total. The van der Waals surface area contributed by atoms with E-state index in [0.29, 0.717) is 22.5 Å². The molecular weight excluding hydrogens is 396 g/mol. The highest BCUT2D eigenvalue weighted by atomic mass is 16.5. The molecule has 2 rings (SSSR count). The summed E-state index contributed by atoms with van der Waals surface area (Å²) < 4.78 is 16.2. The van der Waals surface area contributed by atoms with Crippen molar-refractivity contribution in [2.75, 3.05) is 0 Å². The number of esters is 2. The van der Waals surface area contributed by atoms with Crippen molar-refractivity contribution < 1.29 is 23.5 Å². The molecule has 6 nitrogen and oxygen atoms in total. The third kappa shape index (κ3) is 6.02. The van der Waals surface area contributed by atoms with Crippen molar-refractivity contribution in [1.29, 1.82) is 0 Å². The molecule has 1 aromatic carbocycles. The van der Waals surface area contributed by atoms with E-state index >= 15 is 0 Å². The van der Waals surface area contributed by atoms with E-state index in [1.807, 2.05) is 0 Å². The average molecular weight is 420 g/mol. The summed E-state index contributed by atoms with van der Waals surface area (Å²) in [7, 11) is 0. The first-order valence-corrected chi connectivity index (χ1v) is 9.37. The van der Waals surface area contributed by atoms with Gasteiger partial charge in [-0.25, -0.2) is 9.59 Å². The molecule has 0 amide bonds. The number of fused-ring (bicyclic) bond motifs is 1. The summed E-state index contributed by atoms with van der Waals surface area (Å²) in [6.45, 7) is 17.4. The molecule has 1 aromatic heterocycles. The summed E-state index contributed by atoms with van der Waals surface area (Å²) in [4.78, 5) is 36.0. The molecule has 0 aliphatic rings. The molecule has 0 radical (unpaired) electrons. The summed E-state index contributed by atoms with van der Waals surface area (Å²) in [6, 6.07) is 5.87. The standard InChI is InChI=1S/C25H24O6/c1-14(2)21(31-25(28)16(5)6)10-8-17(7)23-13-20(26)19-12-18(9-11-22(19)30-23)29-24(27)15(3)4/h8-13H,1,3,5H2,2,4,6-7H3. The van der Waals surface area contributed by atoms with E-state index in [4.69, 9.17) is 13.9 Å². The van der Waals surface area contributed by atoms with Gasteiger partial charge in [-0.3, -0.25) is 4.79 Å². The maximum Gasteiger partial charge on any atom is 0.338 e. The van der Waals surface area contributed by atoms with E-state index in [-0.39, 0.29) is 33.5 Å². The molecule has 31 heavy (non-hydrogen) atoms. The van der Waals surface area contributed by atoms with Crippen LogP contribution in [0, 0.1) is 0 Å². The van der Waals surface area contributed by atoms with E-state index in [2.05, 4.69) is 19.7 Å². The molecular formula is C25H24O6. The second kappa shape index (κ2) is 9.71. The van der Waals surface area contributed by atoms with Crippen LogP contribution in [0.1, 0.15) is 33.5 Å². The Balaban J connectivity index is 2.39. The normalized spacial score (nSPS) is 11.7. The predicted octanol–water partition coefficient (Wildman–Crippen LogP) is 5.26. The lowest BCUT2D eigenvalue weighted by Gasteiger charge is -2.08. The third-order valence-corrected chi connectivity index (χ3v) is 4.10. The zero-order valence-electron chi connectivity index (χ0n) is 18.0. The van der Waals surface area contributed by atoms with Crippen molar-refractivity contribution in [2.45, 2.75) is 27.7 Å². The number of rotatable bonds is 7. The Morgan fingerprint density at radius 1 is 0.903 bits per heavy atom. The van der Waals surface area contributed by atoms with E-state index < -0.39 is 11.9 Å². The third-order valence-electron chi connectivity index (χ3n) is 4.10. The second-order valence-electron chi connectivity index (χ2n) is 7.13. The number of allylic oxidation sites excluding steroid dienone is 4. The molecule has 6 heteroatoms. The smallest absolute Gasteiger partial charge is 0.338 e. The number of hydrogen-bond donors (Lipinski definition) is 0. The maximum absolute atomic E-state index is 12.6. The summed E-state index contributed by atoms with van der Waals surface area (Å²) in [6.07, 6.45) is 3.23. The highest BCUT2D eigenvalue weighted by molar-refractivity contribution is 5.90.